The molecule has 0 radical (unpaired) electrons. The Morgan fingerprint density at radius 1 is 1.05 bits per heavy atom. The fourth-order valence-electron chi connectivity index (χ4n) is 2.18. The Balaban J connectivity index is 2.82. The van der Waals surface area contributed by atoms with Crippen molar-refractivity contribution in [3.05, 3.63) is 35.9 Å². The number of hydrogen-bond acceptors (Lipinski definition) is 2. The summed E-state index contributed by atoms with van der Waals surface area (Å²) in [5.41, 5.74) is 1.05. The van der Waals surface area contributed by atoms with Gasteiger partial charge in [-0.3, -0.25) is 9.59 Å². The number of aliphatic carboxylic acids is 1. The third-order valence-corrected chi connectivity index (χ3v) is 3.78. The molecule has 1 aromatic rings. The SMILES string of the molecule is CC(C)CC(NC(=O)C(C)C(C)C(=O)O)c1ccccc1. The lowest BCUT2D eigenvalue weighted by molar-refractivity contribution is -0.146. The highest BCUT2D eigenvalue weighted by molar-refractivity contribution is 5.84. The van der Waals surface area contributed by atoms with E-state index in [9.17, 15) is 9.59 Å². The van der Waals surface area contributed by atoms with Crippen molar-refractivity contribution in [2.24, 2.45) is 17.8 Å². The van der Waals surface area contributed by atoms with Gasteiger partial charge in [0.15, 0.2) is 0 Å². The van der Waals surface area contributed by atoms with Crippen molar-refractivity contribution in [2.45, 2.75) is 40.2 Å². The molecule has 1 rings (SSSR count). The van der Waals surface area contributed by atoms with Gasteiger partial charge in [-0.2, -0.15) is 0 Å². The molecule has 0 aromatic heterocycles. The fraction of sp³-hybridized carbons (Fsp3) is 0.529. The average Bonchev–Trinajstić information content (AvgIpc) is 2.45. The van der Waals surface area contributed by atoms with E-state index in [0.29, 0.717) is 5.92 Å². The summed E-state index contributed by atoms with van der Waals surface area (Å²) < 4.78 is 0. The maximum atomic E-state index is 12.3. The monoisotopic (exact) mass is 291 g/mol. The molecule has 21 heavy (non-hydrogen) atoms. The van der Waals surface area contributed by atoms with Crippen molar-refractivity contribution >= 4 is 11.9 Å². The predicted molar refractivity (Wildman–Crippen MR) is 82.7 cm³/mol. The molecule has 3 atom stereocenters. The van der Waals surface area contributed by atoms with Gasteiger partial charge in [0.25, 0.3) is 0 Å². The first-order chi connectivity index (χ1) is 9.82. The first-order valence-electron chi connectivity index (χ1n) is 7.41. The summed E-state index contributed by atoms with van der Waals surface area (Å²) in [5.74, 6) is -1.97. The number of carbonyl (C=O) groups is 2. The highest BCUT2D eigenvalue weighted by Crippen LogP contribution is 2.22. The highest BCUT2D eigenvalue weighted by Gasteiger charge is 2.27. The van der Waals surface area contributed by atoms with E-state index in [0.717, 1.165) is 12.0 Å². The molecule has 0 aliphatic carbocycles. The second-order valence-electron chi connectivity index (χ2n) is 6.02. The van der Waals surface area contributed by atoms with Crippen molar-refractivity contribution in [3.63, 3.8) is 0 Å². The second kappa shape index (κ2) is 7.81. The van der Waals surface area contributed by atoms with Crippen LogP contribution >= 0.6 is 0 Å². The Morgan fingerprint density at radius 2 is 1.62 bits per heavy atom. The minimum atomic E-state index is -0.947. The maximum absolute atomic E-state index is 12.3. The number of carbonyl (C=O) groups excluding carboxylic acids is 1. The van der Waals surface area contributed by atoms with E-state index >= 15 is 0 Å². The summed E-state index contributed by atoms with van der Waals surface area (Å²) in [6.45, 7) is 7.43. The van der Waals surface area contributed by atoms with Crippen LogP contribution in [0.15, 0.2) is 30.3 Å². The molecule has 0 aliphatic rings. The summed E-state index contributed by atoms with van der Waals surface area (Å²) >= 11 is 0. The molecular weight excluding hydrogens is 266 g/mol. The van der Waals surface area contributed by atoms with E-state index < -0.39 is 17.8 Å². The lowest BCUT2D eigenvalue weighted by Gasteiger charge is -2.24. The molecule has 4 heteroatoms. The van der Waals surface area contributed by atoms with E-state index in [2.05, 4.69) is 19.2 Å². The van der Waals surface area contributed by atoms with E-state index in [1.807, 2.05) is 30.3 Å². The number of carboxylic acid groups (broad SMARTS) is 1. The van der Waals surface area contributed by atoms with Crippen LogP contribution in [0.2, 0.25) is 0 Å². The van der Waals surface area contributed by atoms with Gasteiger partial charge in [0.05, 0.1) is 12.0 Å². The number of benzene rings is 1. The van der Waals surface area contributed by atoms with Gasteiger partial charge < -0.3 is 10.4 Å². The molecule has 4 nitrogen and oxygen atoms in total. The zero-order valence-electron chi connectivity index (χ0n) is 13.2. The molecule has 0 saturated heterocycles. The lowest BCUT2D eigenvalue weighted by Crippen LogP contribution is -2.37. The molecule has 2 N–H and O–H groups in total. The molecule has 116 valence electrons. The zero-order chi connectivity index (χ0) is 16.0. The van der Waals surface area contributed by atoms with Crippen LogP contribution in [0.5, 0.6) is 0 Å². The molecular formula is C17H25NO3. The van der Waals surface area contributed by atoms with Crippen LogP contribution in [0.4, 0.5) is 0 Å². The maximum Gasteiger partial charge on any atom is 0.307 e. The van der Waals surface area contributed by atoms with E-state index in [-0.39, 0.29) is 11.9 Å². The zero-order valence-corrected chi connectivity index (χ0v) is 13.2. The first kappa shape index (κ1) is 17.2. The van der Waals surface area contributed by atoms with E-state index in [4.69, 9.17) is 5.11 Å². The summed E-state index contributed by atoms with van der Waals surface area (Å²) in [6, 6.07) is 9.71. The summed E-state index contributed by atoms with van der Waals surface area (Å²) in [4.78, 5) is 23.3. The standard InChI is InChI=1S/C17H25NO3/c1-11(2)10-15(14-8-6-5-7-9-14)18-16(19)12(3)13(4)17(20)21/h5-9,11-13,15H,10H2,1-4H3,(H,18,19)(H,20,21). The molecule has 0 saturated carbocycles. The Labute approximate surface area is 126 Å². The van der Waals surface area contributed by atoms with Crippen molar-refractivity contribution in [1.82, 2.24) is 5.32 Å². The van der Waals surface area contributed by atoms with Crippen LogP contribution < -0.4 is 5.32 Å². The average molecular weight is 291 g/mol. The van der Waals surface area contributed by atoms with Crippen molar-refractivity contribution in [2.75, 3.05) is 0 Å². The Morgan fingerprint density at radius 3 is 2.10 bits per heavy atom. The van der Waals surface area contributed by atoms with E-state index in [1.54, 1.807) is 13.8 Å². The van der Waals surface area contributed by atoms with Crippen LogP contribution in [0, 0.1) is 17.8 Å². The highest BCUT2D eigenvalue weighted by atomic mass is 16.4. The number of rotatable bonds is 7. The molecule has 0 aliphatic heterocycles. The Bertz CT molecular complexity index is 470. The lowest BCUT2D eigenvalue weighted by atomic mass is 9.92. The van der Waals surface area contributed by atoms with Crippen molar-refractivity contribution in [3.8, 4) is 0 Å². The normalized spacial score (nSPS) is 15.3. The van der Waals surface area contributed by atoms with Crippen LogP contribution in [0.3, 0.4) is 0 Å². The van der Waals surface area contributed by atoms with Crippen molar-refractivity contribution < 1.29 is 14.7 Å². The molecule has 0 heterocycles. The van der Waals surface area contributed by atoms with Gasteiger partial charge in [0, 0.05) is 5.92 Å². The largest absolute Gasteiger partial charge is 0.481 e. The summed E-state index contributed by atoms with van der Waals surface area (Å²) in [6.07, 6.45) is 0.823. The second-order valence-corrected chi connectivity index (χ2v) is 6.02. The predicted octanol–water partition coefficient (Wildman–Crippen LogP) is 3.25. The minimum Gasteiger partial charge on any atom is -0.481 e. The quantitative estimate of drug-likeness (QED) is 0.810. The number of amides is 1. The Kier molecular flexibility index (Phi) is 6.40. The smallest absolute Gasteiger partial charge is 0.307 e. The third-order valence-electron chi connectivity index (χ3n) is 3.78. The summed E-state index contributed by atoms with van der Waals surface area (Å²) in [7, 11) is 0. The molecule has 1 amide bonds. The van der Waals surface area contributed by atoms with Gasteiger partial charge in [-0.25, -0.2) is 0 Å². The van der Waals surface area contributed by atoms with Crippen LogP contribution in [-0.2, 0) is 9.59 Å². The molecule has 3 unspecified atom stereocenters. The van der Waals surface area contributed by atoms with Crippen molar-refractivity contribution in [1.29, 1.82) is 0 Å². The molecule has 0 bridgehead atoms. The first-order valence-corrected chi connectivity index (χ1v) is 7.41. The topological polar surface area (TPSA) is 66.4 Å². The number of hydrogen-bond donors (Lipinski definition) is 2. The number of carboxylic acids is 1. The van der Waals surface area contributed by atoms with Gasteiger partial charge in [-0.05, 0) is 17.9 Å². The van der Waals surface area contributed by atoms with Crippen LogP contribution in [0.25, 0.3) is 0 Å². The molecule has 1 aromatic carbocycles. The number of nitrogens with one attached hydrogen (secondary N) is 1. The third kappa shape index (κ3) is 5.21. The van der Waals surface area contributed by atoms with Gasteiger partial charge in [-0.15, -0.1) is 0 Å². The minimum absolute atomic E-state index is 0.0813. The molecule has 0 spiro atoms. The van der Waals surface area contributed by atoms with Crippen LogP contribution in [0.1, 0.15) is 45.7 Å². The van der Waals surface area contributed by atoms with Gasteiger partial charge in [0.1, 0.15) is 0 Å². The molecule has 0 fully saturated rings. The fourth-order valence-corrected chi connectivity index (χ4v) is 2.18. The van der Waals surface area contributed by atoms with Gasteiger partial charge in [-0.1, -0.05) is 58.0 Å². The summed E-state index contributed by atoms with van der Waals surface area (Å²) in [5, 5.41) is 12.0. The van der Waals surface area contributed by atoms with Crippen LogP contribution in [-0.4, -0.2) is 17.0 Å². The van der Waals surface area contributed by atoms with E-state index in [1.165, 1.54) is 0 Å². The Hall–Kier alpha value is -1.84. The van der Waals surface area contributed by atoms with Gasteiger partial charge >= 0.3 is 5.97 Å². The van der Waals surface area contributed by atoms with Gasteiger partial charge in [0.2, 0.25) is 5.91 Å².